The van der Waals surface area contributed by atoms with E-state index < -0.39 is 0 Å². The maximum Gasteiger partial charge on any atom is 0.242 e. The smallest absolute Gasteiger partial charge is 0.242 e. The van der Waals surface area contributed by atoms with Crippen molar-refractivity contribution in [2.24, 2.45) is 5.41 Å². The van der Waals surface area contributed by atoms with Gasteiger partial charge in [0.05, 0.1) is 12.0 Å². The molecular formula is C16H31N3O2. The molecule has 1 saturated heterocycles. The zero-order chi connectivity index (χ0) is 15.9. The fourth-order valence-corrected chi connectivity index (χ4v) is 3.31. The first-order valence-corrected chi connectivity index (χ1v) is 8.24. The van der Waals surface area contributed by atoms with E-state index >= 15 is 0 Å². The lowest BCUT2D eigenvalue weighted by Crippen LogP contribution is -2.50. The number of carbonyl (C=O) groups excluding carboxylic acids is 2. The molecule has 122 valence electrons. The fraction of sp³-hybridized carbons (Fsp3) is 0.875. The lowest BCUT2D eigenvalue weighted by atomic mass is 9.74. The normalized spacial score (nSPS) is 17.3. The molecule has 1 N–H and O–H groups in total. The van der Waals surface area contributed by atoms with E-state index in [4.69, 9.17) is 0 Å². The van der Waals surface area contributed by atoms with Crippen LogP contribution in [-0.4, -0.2) is 61.4 Å². The molecule has 1 aliphatic heterocycles. The number of nitrogens with zero attached hydrogens (tertiary/aromatic N) is 2. The fourth-order valence-electron chi connectivity index (χ4n) is 3.31. The molecular weight excluding hydrogens is 266 g/mol. The topological polar surface area (TPSA) is 52.7 Å². The van der Waals surface area contributed by atoms with Crippen molar-refractivity contribution in [2.75, 3.05) is 39.8 Å². The highest BCUT2D eigenvalue weighted by Gasteiger charge is 2.40. The van der Waals surface area contributed by atoms with Gasteiger partial charge in [-0.1, -0.05) is 13.3 Å². The number of amides is 2. The summed E-state index contributed by atoms with van der Waals surface area (Å²) in [4.78, 5) is 28.5. The molecule has 21 heavy (non-hydrogen) atoms. The number of hydrogen-bond acceptors (Lipinski definition) is 3. The van der Waals surface area contributed by atoms with Gasteiger partial charge in [0.15, 0.2) is 0 Å². The Bertz CT molecular complexity index is 342. The standard InChI is InChI=1S/C16H31N3O2/c1-5-8-16(9-11-17-12-10-16)15(21)18(4)13-14(20)19(6-2)7-3/h17H,5-13H2,1-4H3. The van der Waals surface area contributed by atoms with Crippen molar-refractivity contribution >= 4 is 11.8 Å². The van der Waals surface area contributed by atoms with Gasteiger partial charge in [-0.15, -0.1) is 0 Å². The van der Waals surface area contributed by atoms with E-state index in [0.717, 1.165) is 38.8 Å². The van der Waals surface area contributed by atoms with Crippen LogP contribution < -0.4 is 5.32 Å². The van der Waals surface area contributed by atoms with Crippen molar-refractivity contribution in [3.05, 3.63) is 0 Å². The second kappa shape index (κ2) is 8.37. The minimum Gasteiger partial charge on any atom is -0.342 e. The second-order valence-corrected chi connectivity index (χ2v) is 6.01. The van der Waals surface area contributed by atoms with E-state index in [9.17, 15) is 9.59 Å². The first-order chi connectivity index (χ1) is 10.0. The molecule has 1 rings (SSSR count). The molecule has 0 aromatic carbocycles. The quantitative estimate of drug-likeness (QED) is 0.774. The third-order valence-electron chi connectivity index (χ3n) is 4.58. The van der Waals surface area contributed by atoms with Gasteiger partial charge in [-0.2, -0.15) is 0 Å². The molecule has 0 radical (unpaired) electrons. The molecule has 0 aliphatic carbocycles. The average molecular weight is 297 g/mol. The van der Waals surface area contributed by atoms with Gasteiger partial charge in [0.25, 0.3) is 0 Å². The van der Waals surface area contributed by atoms with Gasteiger partial charge in [0.2, 0.25) is 11.8 Å². The molecule has 0 spiro atoms. The van der Waals surface area contributed by atoms with Gasteiger partial charge in [0, 0.05) is 20.1 Å². The van der Waals surface area contributed by atoms with Gasteiger partial charge in [0.1, 0.15) is 0 Å². The summed E-state index contributed by atoms with van der Waals surface area (Å²) in [5.41, 5.74) is -0.266. The highest BCUT2D eigenvalue weighted by Crippen LogP contribution is 2.35. The van der Waals surface area contributed by atoms with Gasteiger partial charge in [-0.25, -0.2) is 0 Å². The molecule has 1 fully saturated rings. The van der Waals surface area contributed by atoms with Crippen LogP contribution in [0, 0.1) is 5.41 Å². The molecule has 0 unspecified atom stereocenters. The van der Waals surface area contributed by atoms with E-state index in [-0.39, 0.29) is 23.8 Å². The number of rotatable bonds is 7. The van der Waals surface area contributed by atoms with Crippen LogP contribution in [0.4, 0.5) is 0 Å². The van der Waals surface area contributed by atoms with Crippen LogP contribution in [0.1, 0.15) is 46.5 Å². The van der Waals surface area contributed by atoms with E-state index in [1.807, 2.05) is 13.8 Å². The van der Waals surface area contributed by atoms with Gasteiger partial charge >= 0.3 is 0 Å². The third kappa shape index (κ3) is 4.43. The van der Waals surface area contributed by atoms with E-state index in [0.29, 0.717) is 13.1 Å². The molecule has 1 heterocycles. The van der Waals surface area contributed by atoms with Crippen LogP contribution in [0.2, 0.25) is 0 Å². The number of carbonyl (C=O) groups is 2. The zero-order valence-corrected chi connectivity index (χ0v) is 14.1. The molecule has 0 aromatic rings. The maximum absolute atomic E-state index is 12.9. The Hall–Kier alpha value is -1.10. The van der Waals surface area contributed by atoms with Crippen LogP contribution >= 0.6 is 0 Å². The zero-order valence-electron chi connectivity index (χ0n) is 14.1. The predicted octanol–water partition coefficient (Wildman–Crippen LogP) is 1.48. The van der Waals surface area contributed by atoms with Crippen molar-refractivity contribution in [1.82, 2.24) is 15.1 Å². The van der Waals surface area contributed by atoms with E-state index in [1.165, 1.54) is 0 Å². The first kappa shape index (κ1) is 18.0. The number of hydrogen-bond donors (Lipinski definition) is 1. The Morgan fingerprint density at radius 3 is 2.14 bits per heavy atom. The predicted molar refractivity (Wildman–Crippen MR) is 85.0 cm³/mol. The van der Waals surface area contributed by atoms with Crippen molar-refractivity contribution in [2.45, 2.75) is 46.5 Å². The molecule has 0 atom stereocenters. The Morgan fingerprint density at radius 2 is 1.67 bits per heavy atom. The molecule has 1 aliphatic rings. The van der Waals surface area contributed by atoms with Crippen LogP contribution in [0.15, 0.2) is 0 Å². The van der Waals surface area contributed by atoms with Crippen LogP contribution in [0.5, 0.6) is 0 Å². The van der Waals surface area contributed by atoms with Crippen LogP contribution in [-0.2, 0) is 9.59 Å². The lowest BCUT2D eigenvalue weighted by Gasteiger charge is -2.39. The summed E-state index contributed by atoms with van der Waals surface area (Å²) in [5.74, 6) is 0.183. The summed E-state index contributed by atoms with van der Waals surface area (Å²) in [6.45, 7) is 9.43. The molecule has 0 aromatic heterocycles. The average Bonchev–Trinajstić information content (AvgIpc) is 2.48. The van der Waals surface area contributed by atoms with Crippen molar-refractivity contribution in [3.8, 4) is 0 Å². The molecule has 0 saturated carbocycles. The van der Waals surface area contributed by atoms with E-state index in [2.05, 4.69) is 12.2 Å². The number of nitrogens with one attached hydrogen (secondary N) is 1. The Balaban J connectivity index is 2.72. The van der Waals surface area contributed by atoms with Crippen LogP contribution in [0.3, 0.4) is 0 Å². The highest BCUT2D eigenvalue weighted by atomic mass is 16.2. The first-order valence-electron chi connectivity index (χ1n) is 8.24. The largest absolute Gasteiger partial charge is 0.342 e. The minimum absolute atomic E-state index is 0.0384. The number of piperidine rings is 1. The summed E-state index contributed by atoms with van der Waals surface area (Å²) in [6, 6.07) is 0. The van der Waals surface area contributed by atoms with Crippen molar-refractivity contribution in [1.29, 1.82) is 0 Å². The molecule has 5 nitrogen and oxygen atoms in total. The summed E-state index contributed by atoms with van der Waals surface area (Å²) in [7, 11) is 1.77. The Morgan fingerprint density at radius 1 is 1.10 bits per heavy atom. The summed E-state index contributed by atoms with van der Waals surface area (Å²) >= 11 is 0. The summed E-state index contributed by atoms with van der Waals surface area (Å²) in [6.07, 6.45) is 3.67. The second-order valence-electron chi connectivity index (χ2n) is 6.01. The molecule has 0 bridgehead atoms. The molecule has 5 heteroatoms. The highest BCUT2D eigenvalue weighted by molar-refractivity contribution is 5.88. The third-order valence-corrected chi connectivity index (χ3v) is 4.58. The monoisotopic (exact) mass is 297 g/mol. The lowest BCUT2D eigenvalue weighted by molar-refractivity contribution is -0.147. The Kier molecular flexibility index (Phi) is 7.15. The maximum atomic E-state index is 12.9. The summed E-state index contributed by atoms with van der Waals surface area (Å²) in [5, 5.41) is 3.32. The van der Waals surface area contributed by atoms with Crippen molar-refractivity contribution < 1.29 is 9.59 Å². The van der Waals surface area contributed by atoms with Crippen molar-refractivity contribution in [3.63, 3.8) is 0 Å². The van der Waals surface area contributed by atoms with Gasteiger partial charge < -0.3 is 15.1 Å². The van der Waals surface area contributed by atoms with Gasteiger partial charge in [-0.3, -0.25) is 9.59 Å². The minimum atomic E-state index is -0.266. The van der Waals surface area contributed by atoms with E-state index in [1.54, 1.807) is 16.8 Å². The Labute approximate surface area is 129 Å². The summed E-state index contributed by atoms with van der Waals surface area (Å²) < 4.78 is 0. The number of likely N-dealkylation sites (N-methyl/N-ethyl adjacent to an activating group) is 2. The molecule has 2 amide bonds. The van der Waals surface area contributed by atoms with Gasteiger partial charge in [-0.05, 0) is 46.2 Å². The SMILES string of the molecule is CCCC1(C(=O)N(C)CC(=O)N(CC)CC)CCNCC1. The van der Waals surface area contributed by atoms with Crippen LogP contribution in [0.25, 0.3) is 0 Å².